The number of aryl methyl sites for hydroxylation is 1. The molecule has 1 aromatic carbocycles. The molecular weight excluding hydrogens is 232 g/mol. The third-order valence-corrected chi connectivity index (χ3v) is 3.68. The lowest BCUT2D eigenvalue weighted by Crippen LogP contribution is -2.20. The SMILES string of the molecule is CCCCSC[C@@H](O)COc1ccccc1C. The van der Waals surface area contributed by atoms with Gasteiger partial charge in [-0.1, -0.05) is 31.5 Å². The summed E-state index contributed by atoms with van der Waals surface area (Å²) in [7, 11) is 0. The predicted octanol–water partition coefficient (Wildman–Crippen LogP) is 3.27. The van der Waals surface area contributed by atoms with Gasteiger partial charge in [0.05, 0.1) is 6.10 Å². The lowest BCUT2D eigenvalue weighted by molar-refractivity contribution is 0.126. The minimum absolute atomic E-state index is 0.378. The van der Waals surface area contributed by atoms with Crippen LogP contribution in [-0.2, 0) is 0 Å². The molecule has 1 atom stereocenters. The molecule has 96 valence electrons. The van der Waals surface area contributed by atoms with Crippen LogP contribution in [0.5, 0.6) is 5.75 Å². The number of hydrogen-bond donors (Lipinski definition) is 1. The summed E-state index contributed by atoms with van der Waals surface area (Å²) in [6, 6.07) is 7.88. The van der Waals surface area contributed by atoms with Crippen LogP contribution < -0.4 is 4.74 Å². The molecule has 0 amide bonds. The Balaban J connectivity index is 2.19. The lowest BCUT2D eigenvalue weighted by atomic mass is 10.2. The van der Waals surface area contributed by atoms with Gasteiger partial charge < -0.3 is 9.84 Å². The number of thioether (sulfide) groups is 1. The number of aliphatic hydroxyl groups excluding tert-OH is 1. The van der Waals surface area contributed by atoms with Crippen molar-refractivity contribution in [2.75, 3.05) is 18.1 Å². The Morgan fingerprint density at radius 1 is 1.35 bits per heavy atom. The maximum Gasteiger partial charge on any atom is 0.122 e. The highest BCUT2D eigenvalue weighted by Crippen LogP contribution is 2.16. The fourth-order valence-corrected chi connectivity index (χ4v) is 2.45. The third-order valence-electron chi connectivity index (χ3n) is 2.48. The second-order valence-corrected chi connectivity index (χ2v) is 5.31. The molecule has 0 aliphatic carbocycles. The average Bonchev–Trinajstić information content (AvgIpc) is 2.34. The van der Waals surface area contributed by atoms with Gasteiger partial charge in [0.2, 0.25) is 0 Å². The Hall–Kier alpha value is -0.670. The van der Waals surface area contributed by atoms with Crippen LogP contribution in [-0.4, -0.2) is 29.3 Å². The highest BCUT2D eigenvalue weighted by Gasteiger charge is 2.06. The van der Waals surface area contributed by atoms with E-state index in [4.69, 9.17) is 4.74 Å². The van der Waals surface area contributed by atoms with E-state index < -0.39 is 0 Å². The van der Waals surface area contributed by atoms with Crippen LogP contribution in [0, 0.1) is 6.92 Å². The fourth-order valence-electron chi connectivity index (χ4n) is 1.42. The lowest BCUT2D eigenvalue weighted by Gasteiger charge is -2.13. The first kappa shape index (κ1) is 14.4. The summed E-state index contributed by atoms with van der Waals surface area (Å²) < 4.78 is 5.59. The zero-order valence-corrected chi connectivity index (χ0v) is 11.5. The Labute approximate surface area is 108 Å². The van der Waals surface area contributed by atoms with E-state index in [1.165, 1.54) is 12.8 Å². The van der Waals surface area contributed by atoms with Crippen LogP contribution in [0.3, 0.4) is 0 Å². The van der Waals surface area contributed by atoms with Crippen molar-refractivity contribution in [3.63, 3.8) is 0 Å². The van der Waals surface area contributed by atoms with Crippen LogP contribution in [0.15, 0.2) is 24.3 Å². The molecule has 1 aromatic rings. The molecule has 0 fully saturated rings. The first-order chi connectivity index (χ1) is 8.24. The average molecular weight is 254 g/mol. The van der Waals surface area contributed by atoms with Crippen molar-refractivity contribution in [2.24, 2.45) is 0 Å². The largest absolute Gasteiger partial charge is 0.491 e. The van der Waals surface area contributed by atoms with Gasteiger partial charge in [-0.05, 0) is 30.7 Å². The summed E-state index contributed by atoms with van der Waals surface area (Å²) in [5.41, 5.74) is 1.11. The Bertz CT molecular complexity index is 315. The molecule has 1 rings (SSSR count). The summed E-state index contributed by atoms with van der Waals surface area (Å²) >= 11 is 1.80. The van der Waals surface area contributed by atoms with E-state index in [2.05, 4.69) is 6.92 Å². The quantitative estimate of drug-likeness (QED) is 0.722. The van der Waals surface area contributed by atoms with Gasteiger partial charge in [-0.3, -0.25) is 0 Å². The summed E-state index contributed by atoms with van der Waals surface area (Å²) in [5, 5.41) is 9.75. The summed E-state index contributed by atoms with van der Waals surface area (Å²) in [4.78, 5) is 0. The van der Waals surface area contributed by atoms with Gasteiger partial charge in [0.1, 0.15) is 12.4 Å². The van der Waals surface area contributed by atoms with Gasteiger partial charge in [0.25, 0.3) is 0 Å². The van der Waals surface area contributed by atoms with E-state index in [-0.39, 0.29) is 6.10 Å². The Morgan fingerprint density at radius 2 is 2.12 bits per heavy atom. The normalized spacial score (nSPS) is 12.4. The van der Waals surface area contributed by atoms with Crippen LogP contribution in [0.4, 0.5) is 0 Å². The molecule has 0 saturated carbocycles. The molecule has 1 N–H and O–H groups in total. The monoisotopic (exact) mass is 254 g/mol. The third kappa shape index (κ3) is 5.99. The highest BCUT2D eigenvalue weighted by molar-refractivity contribution is 7.99. The van der Waals surface area contributed by atoms with Gasteiger partial charge in [-0.15, -0.1) is 0 Å². The number of hydrogen-bond acceptors (Lipinski definition) is 3. The molecule has 0 unspecified atom stereocenters. The predicted molar refractivity (Wildman–Crippen MR) is 74.9 cm³/mol. The maximum absolute atomic E-state index is 9.75. The summed E-state index contributed by atoms with van der Waals surface area (Å²) in [6.45, 7) is 4.57. The first-order valence-electron chi connectivity index (χ1n) is 6.18. The molecule has 0 radical (unpaired) electrons. The van der Waals surface area contributed by atoms with E-state index in [0.717, 1.165) is 22.8 Å². The topological polar surface area (TPSA) is 29.5 Å². The van der Waals surface area contributed by atoms with E-state index in [9.17, 15) is 5.11 Å². The van der Waals surface area contributed by atoms with Gasteiger partial charge in [-0.25, -0.2) is 0 Å². The number of unbranched alkanes of at least 4 members (excludes halogenated alkanes) is 1. The summed E-state index contributed by atoms with van der Waals surface area (Å²) in [5.74, 6) is 2.74. The number of para-hydroxylation sites is 1. The van der Waals surface area contributed by atoms with Crippen molar-refractivity contribution in [3.8, 4) is 5.75 Å². The molecule has 0 heterocycles. The summed E-state index contributed by atoms with van der Waals surface area (Å²) in [6.07, 6.45) is 2.05. The van der Waals surface area contributed by atoms with E-state index >= 15 is 0 Å². The minimum atomic E-state index is -0.378. The van der Waals surface area contributed by atoms with Gasteiger partial charge in [-0.2, -0.15) is 11.8 Å². The van der Waals surface area contributed by atoms with Crippen molar-refractivity contribution in [1.82, 2.24) is 0 Å². The van der Waals surface area contributed by atoms with Gasteiger partial charge in [0, 0.05) is 5.75 Å². The van der Waals surface area contributed by atoms with E-state index in [0.29, 0.717) is 6.61 Å². The number of ether oxygens (including phenoxy) is 1. The Morgan fingerprint density at radius 3 is 2.82 bits per heavy atom. The zero-order valence-electron chi connectivity index (χ0n) is 10.7. The fraction of sp³-hybridized carbons (Fsp3) is 0.571. The van der Waals surface area contributed by atoms with E-state index in [1.807, 2.05) is 31.2 Å². The molecule has 0 aromatic heterocycles. The molecule has 0 aliphatic heterocycles. The highest BCUT2D eigenvalue weighted by atomic mass is 32.2. The van der Waals surface area contributed by atoms with Crippen molar-refractivity contribution >= 4 is 11.8 Å². The van der Waals surface area contributed by atoms with Crippen molar-refractivity contribution in [1.29, 1.82) is 0 Å². The molecule has 0 spiro atoms. The zero-order chi connectivity index (χ0) is 12.5. The van der Waals surface area contributed by atoms with E-state index in [1.54, 1.807) is 11.8 Å². The second kappa shape index (κ2) is 8.43. The van der Waals surface area contributed by atoms with Gasteiger partial charge in [0.15, 0.2) is 0 Å². The molecule has 2 nitrogen and oxygen atoms in total. The second-order valence-electron chi connectivity index (χ2n) is 4.16. The first-order valence-corrected chi connectivity index (χ1v) is 7.33. The van der Waals surface area contributed by atoms with Crippen molar-refractivity contribution in [2.45, 2.75) is 32.8 Å². The van der Waals surface area contributed by atoms with Crippen molar-refractivity contribution in [3.05, 3.63) is 29.8 Å². The number of benzene rings is 1. The minimum Gasteiger partial charge on any atom is -0.491 e. The van der Waals surface area contributed by atoms with Gasteiger partial charge >= 0.3 is 0 Å². The molecular formula is C14H22O2S. The smallest absolute Gasteiger partial charge is 0.122 e. The Kier molecular flexibility index (Phi) is 7.13. The number of aliphatic hydroxyl groups is 1. The maximum atomic E-state index is 9.75. The number of rotatable bonds is 8. The van der Waals surface area contributed by atoms with Crippen LogP contribution >= 0.6 is 11.8 Å². The van der Waals surface area contributed by atoms with Crippen LogP contribution in [0.25, 0.3) is 0 Å². The molecule has 17 heavy (non-hydrogen) atoms. The molecule has 3 heteroatoms. The standard InChI is InChI=1S/C14H22O2S/c1-3-4-9-17-11-13(15)10-16-14-8-6-5-7-12(14)2/h5-8,13,15H,3-4,9-11H2,1-2H3/t13-/m0/s1. The molecule has 0 aliphatic rings. The molecule has 0 saturated heterocycles. The van der Waals surface area contributed by atoms with Crippen LogP contribution in [0.2, 0.25) is 0 Å². The van der Waals surface area contributed by atoms with Crippen LogP contribution in [0.1, 0.15) is 25.3 Å². The molecule has 0 bridgehead atoms. The van der Waals surface area contributed by atoms with Crippen molar-refractivity contribution < 1.29 is 9.84 Å².